The molecule has 4 heteroatoms. The lowest BCUT2D eigenvalue weighted by atomic mass is 10.2. The number of nitrogens with two attached hydrogens (primary N) is 1. The molecule has 1 saturated carbocycles. The minimum atomic E-state index is -0.547. The minimum Gasteiger partial charge on any atom is -0.320 e. The van der Waals surface area contributed by atoms with Crippen LogP contribution < -0.4 is 5.73 Å². The predicted molar refractivity (Wildman–Crippen MR) is 34.5 cm³/mol. The third kappa shape index (κ3) is 1.34. The summed E-state index contributed by atoms with van der Waals surface area (Å²) in [6, 6.07) is 0. The fraction of sp³-hybridized carbons (Fsp3) is 1.00. The van der Waals surface area contributed by atoms with Crippen LogP contribution in [-0.4, -0.2) is 5.66 Å². The maximum Gasteiger partial charge on any atom is 0.0950 e. The van der Waals surface area contributed by atoms with Crippen molar-refractivity contribution in [3.8, 4) is 0 Å². The number of nitrogens with zero attached hydrogens (tertiary/aromatic N) is 3. The molecule has 0 saturated heterocycles. The van der Waals surface area contributed by atoms with Crippen LogP contribution in [0.5, 0.6) is 0 Å². The van der Waals surface area contributed by atoms with Crippen LogP contribution in [0.1, 0.15) is 25.7 Å². The highest BCUT2D eigenvalue weighted by Gasteiger charge is 2.27. The van der Waals surface area contributed by atoms with Gasteiger partial charge >= 0.3 is 0 Å². The quantitative estimate of drug-likeness (QED) is 0.323. The van der Waals surface area contributed by atoms with E-state index in [2.05, 4.69) is 10.0 Å². The van der Waals surface area contributed by atoms with E-state index in [4.69, 9.17) is 11.3 Å². The monoisotopic (exact) mass is 126 g/mol. The molecule has 0 aromatic heterocycles. The lowest BCUT2D eigenvalue weighted by Crippen LogP contribution is -2.32. The molecule has 0 unspecified atom stereocenters. The Labute approximate surface area is 53.7 Å². The van der Waals surface area contributed by atoms with E-state index in [0.717, 1.165) is 25.7 Å². The van der Waals surface area contributed by atoms with Gasteiger partial charge in [-0.2, -0.15) is 0 Å². The Kier molecular flexibility index (Phi) is 1.60. The fourth-order valence-electron chi connectivity index (χ4n) is 1.18. The molecule has 50 valence electrons. The van der Waals surface area contributed by atoms with Crippen LogP contribution in [0.4, 0.5) is 0 Å². The van der Waals surface area contributed by atoms with Crippen LogP contribution in [0.2, 0.25) is 0 Å². The molecule has 0 aliphatic heterocycles. The van der Waals surface area contributed by atoms with Crippen molar-refractivity contribution < 1.29 is 0 Å². The highest BCUT2D eigenvalue weighted by atomic mass is 15.2. The van der Waals surface area contributed by atoms with E-state index in [0.29, 0.717) is 0 Å². The van der Waals surface area contributed by atoms with Crippen molar-refractivity contribution in [3.05, 3.63) is 10.4 Å². The summed E-state index contributed by atoms with van der Waals surface area (Å²) >= 11 is 0. The maximum absolute atomic E-state index is 8.07. The van der Waals surface area contributed by atoms with E-state index in [-0.39, 0.29) is 0 Å². The third-order valence-corrected chi connectivity index (χ3v) is 1.71. The average Bonchev–Trinajstić information content (AvgIpc) is 2.16. The minimum absolute atomic E-state index is 0.547. The molecule has 1 fully saturated rings. The topological polar surface area (TPSA) is 74.8 Å². The molecule has 2 N–H and O–H groups in total. The largest absolute Gasteiger partial charge is 0.320 e. The molecule has 0 bridgehead atoms. The van der Waals surface area contributed by atoms with E-state index < -0.39 is 5.66 Å². The first-order valence-electron chi connectivity index (χ1n) is 3.12. The molecule has 1 aliphatic rings. The fourth-order valence-corrected chi connectivity index (χ4v) is 1.18. The molecule has 4 nitrogen and oxygen atoms in total. The summed E-state index contributed by atoms with van der Waals surface area (Å²) in [7, 11) is 0. The summed E-state index contributed by atoms with van der Waals surface area (Å²) in [4.78, 5) is 2.69. The first kappa shape index (κ1) is 6.39. The van der Waals surface area contributed by atoms with Gasteiger partial charge in [-0.25, -0.2) is 0 Å². The first-order valence-corrected chi connectivity index (χ1v) is 3.12. The molecule has 0 heterocycles. The summed E-state index contributed by atoms with van der Waals surface area (Å²) < 4.78 is 0. The van der Waals surface area contributed by atoms with Crippen LogP contribution in [0, 0.1) is 0 Å². The Morgan fingerprint density at radius 2 is 2.00 bits per heavy atom. The Balaban J connectivity index is 2.61. The Hall–Kier alpha value is -0.730. The average molecular weight is 126 g/mol. The van der Waals surface area contributed by atoms with Crippen molar-refractivity contribution in [2.75, 3.05) is 0 Å². The highest BCUT2D eigenvalue weighted by molar-refractivity contribution is 4.86. The molecule has 1 rings (SSSR count). The molecule has 0 atom stereocenters. The van der Waals surface area contributed by atoms with E-state index >= 15 is 0 Å². The second kappa shape index (κ2) is 2.25. The van der Waals surface area contributed by atoms with Gasteiger partial charge < -0.3 is 5.73 Å². The Bertz CT molecular complexity index is 141. The van der Waals surface area contributed by atoms with Crippen LogP contribution in [-0.2, 0) is 0 Å². The Morgan fingerprint density at radius 1 is 1.44 bits per heavy atom. The highest BCUT2D eigenvalue weighted by Crippen LogP contribution is 2.27. The smallest absolute Gasteiger partial charge is 0.0950 e. The van der Waals surface area contributed by atoms with Crippen molar-refractivity contribution >= 4 is 0 Å². The zero-order valence-electron chi connectivity index (χ0n) is 5.25. The van der Waals surface area contributed by atoms with Gasteiger partial charge in [0.25, 0.3) is 0 Å². The molecule has 0 aromatic rings. The van der Waals surface area contributed by atoms with Gasteiger partial charge in [-0.15, -0.1) is 0 Å². The normalized spacial score (nSPS) is 23.2. The Morgan fingerprint density at radius 3 is 2.44 bits per heavy atom. The molecule has 0 amide bonds. The summed E-state index contributed by atoms with van der Waals surface area (Å²) in [5.41, 5.74) is 13.2. The molecular formula is C5H10N4. The second-order valence-electron chi connectivity index (χ2n) is 2.50. The van der Waals surface area contributed by atoms with Gasteiger partial charge in [0.2, 0.25) is 0 Å². The summed E-state index contributed by atoms with van der Waals surface area (Å²) in [5, 5.41) is 3.51. The predicted octanol–water partition coefficient (Wildman–Crippen LogP) is 1.53. The van der Waals surface area contributed by atoms with Crippen molar-refractivity contribution in [2.24, 2.45) is 10.8 Å². The zero-order valence-corrected chi connectivity index (χ0v) is 5.25. The SMILES string of the molecule is [N-]=[N+]=NC1(N)CCCC1. The summed E-state index contributed by atoms with van der Waals surface area (Å²) in [5.74, 6) is 0. The first-order chi connectivity index (χ1) is 4.27. The van der Waals surface area contributed by atoms with Gasteiger partial charge in [0.1, 0.15) is 0 Å². The maximum atomic E-state index is 8.07. The lowest BCUT2D eigenvalue weighted by molar-refractivity contribution is 0.457. The van der Waals surface area contributed by atoms with Crippen LogP contribution in [0.15, 0.2) is 5.11 Å². The van der Waals surface area contributed by atoms with Crippen molar-refractivity contribution in [1.29, 1.82) is 0 Å². The summed E-state index contributed by atoms with van der Waals surface area (Å²) in [6.45, 7) is 0. The second-order valence-corrected chi connectivity index (χ2v) is 2.50. The molecule has 0 radical (unpaired) electrons. The van der Waals surface area contributed by atoms with Gasteiger partial charge in [-0.1, -0.05) is 18.0 Å². The van der Waals surface area contributed by atoms with Crippen molar-refractivity contribution in [3.63, 3.8) is 0 Å². The van der Waals surface area contributed by atoms with E-state index in [1.54, 1.807) is 0 Å². The standard InChI is InChI=1S/C5H10N4/c6-5(8-9-7)3-1-2-4-5/h1-4,6H2. The van der Waals surface area contributed by atoms with Crippen LogP contribution in [0.3, 0.4) is 0 Å². The van der Waals surface area contributed by atoms with Gasteiger partial charge in [-0.3, -0.25) is 0 Å². The van der Waals surface area contributed by atoms with Gasteiger partial charge in [0, 0.05) is 4.91 Å². The number of rotatable bonds is 1. The molecule has 1 aliphatic carbocycles. The zero-order chi connectivity index (χ0) is 6.74. The third-order valence-electron chi connectivity index (χ3n) is 1.71. The van der Waals surface area contributed by atoms with E-state index in [1.807, 2.05) is 0 Å². The lowest BCUT2D eigenvalue weighted by Gasteiger charge is -2.13. The molecular weight excluding hydrogens is 116 g/mol. The van der Waals surface area contributed by atoms with Crippen molar-refractivity contribution in [1.82, 2.24) is 0 Å². The van der Waals surface area contributed by atoms with Crippen LogP contribution in [0.25, 0.3) is 10.4 Å². The van der Waals surface area contributed by atoms with Crippen molar-refractivity contribution in [2.45, 2.75) is 31.3 Å². The summed E-state index contributed by atoms with van der Waals surface area (Å²) in [6.07, 6.45) is 3.87. The molecule has 9 heavy (non-hydrogen) atoms. The number of hydrogen-bond acceptors (Lipinski definition) is 2. The number of azide groups is 1. The van der Waals surface area contributed by atoms with Crippen LogP contribution >= 0.6 is 0 Å². The van der Waals surface area contributed by atoms with Gasteiger partial charge in [-0.05, 0) is 18.4 Å². The van der Waals surface area contributed by atoms with Gasteiger partial charge in [0.15, 0.2) is 0 Å². The van der Waals surface area contributed by atoms with E-state index in [1.165, 1.54) is 0 Å². The van der Waals surface area contributed by atoms with Gasteiger partial charge in [0.05, 0.1) is 5.66 Å². The van der Waals surface area contributed by atoms with E-state index in [9.17, 15) is 0 Å². The molecule has 0 aromatic carbocycles. The number of hydrogen-bond donors (Lipinski definition) is 1. The molecule has 0 spiro atoms.